The van der Waals surface area contributed by atoms with E-state index in [1.54, 1.807) is 6.21 Å². The van der Waals surface area contributed by atoms with Gasteiger partial charge < -0.3 is 10.1 Å². The summed E-state index contributed by atoms with van der Waals surface area (Å²) in [7, 11) is 0. The smallest absolute Gasteiger partial charge is 0.187 e. The molecule has 0 atom stereocenters. The largest absolute Gasteiger partial charge is 0.489 e. The Balaban J connectivity index is 1.88. The van der Waals surface area contributed by atoms with E-state index in [1.165, 1.54) is 0 Å². The highest BCUT2D eigenvalue weighted by molar-refractivity contribution is 7.80. The molecule has 2 N–H and O–H groups in total. The van der Waals surface area contributed by atoms with Crippen molar-refractivity contribution in [3.8, 4) is 5.75 Å². The van der Waals surface area contributed by atoms with E-state index in [0.29, 0.717) is 11.7 Å². The molecule has 0 fully saturated rings. The lowest BCUT2D eigenvalue weighted by molar-refractivity contribution is 0.306. The van der Waals surface area contributed by atoms with Crippen LogP contribution in [0.15, 0.2) is 59.7 Å². The first-order valence-corrected chi connectivity index (χ1v) is 7.90. The number of hydrazone groups is 1. The van der Waals surface area contributed by atoms with Gasteiger partial charge in [-0.05, 0) is 49.3 Å². The van der Waals surface area contributed by atoms with Crippen LogP contribution in [0.3, 0.4) is 0 Å². The lowest BCUT2D eigenvalue weighted by Gasteiger charge is -2.09. The number of hydrogen-bond acceptors (Lipinski definition) is 3. The predicted octanol–water partition coefficient (Wildman–Crippen LogP) is 3.47. The molecule has 120 valence electrons. The molecular formula is C18H21N3OS. The van der Waals surface area contributed by atoms with Crippen molar-refractivity contribution in [2.45, 2.75) is 26.5 Å². The fourth-order valence-corrected chi connectivity index (χ4v) is 2.17. The van der Waals surface area contributed by atoms with Crippen molar-refractivity contribution in [1.29, 1.82) is 0 Å². The minimum atomic E-state index is 0.278. The fraction of sp³-hybridized carbons (Fsp3) is 0.222. The molecule has 0 aromatic heterocycles. The normalized spacial score (nSPS) is 10.7. The summed E-state index contributed by atoms with van der Waals surface area (Å²) in [4.78, 5) is 0. The summed E-state index contributed by atoms with van der Waals surface area (Å²) in [6.45, 7) is 4.58. The van der Waals surface area contributed by atoms with E-state index >= 15 is 0 Å². The van der Waals surface area contributed by atoms with E-state index in [1.807, 2.05) is 68.4 Å². The Bertz CT molecular complexity index is 656. The maximum atomic E-state index is 5.79. The van der Waals surface area contributed by atoms with Crippen molar-refractivity contribution in [3.05, 3.63) is 65.7 Å². The Hall–Kier alpha value is -2.40. The van der Waals surface area contributed by atoms with Gasteiger partial charge in [0, 0.05) is 6.04 Å². The van der Waals surface area contributed by atoms with Crippen molar-refractivity contribution in [3.63, 3.8) is 0 Å². The van der Waals surface area contributed by atoms with Gasteiger partial charge in [0.15, 0.2) is 5.11 Å². The van der Waals surface area contributed by atoms with Gasteiger partial charge in [0.25, 0.3) is 0 Å². The minimum Gasteiger partial charge on any atom is -0.489 e. The van der Waals surface area contributed by atoms with Crippen LogP contribution < -0.4 is 15.5 Å². The van der Waals surface area contributed by atoms with Crippen LogP contribution >= 0.6 is 12.2 Å². The van der Waals surface area contributed by atoms with E-state index in [4.69, 9.17) is 17.0 Å². The van der Waals surface area contributed by atoms with Gasteiger partial charge in [-0.2, -0.15) is 5.10 Å². The molecule has 2 rings (SSSR count). The van der Waals surface area contributed by atoms with Crippen molar-refractivity contribution < 1.29 is 4.74 Å². The van der Waals surface area contributed by atoms with E-state index < -0.39 is 0 Å². The van der Waals surface area contributed by atoms with E-state index in [0.717, 1.165) is 16.9 Å². The molecule has 0 bridgehead atoms. The second-order valence-electron chi connectivity index (χ2n) is 5.34. The van der Waals surface area contributed by atoms with Crippen LogP contribution in [0.2, 0.25) is 0 Å². The molecule has 0 aliphatic rings. The van der Waals surface area contributed by atoms with Gasteiger partial charge in [0.05, 0.1) is 6.21 Å². The number of nitrogens with one attached hydrogen (secondary N) is 2. The second kappa shape index (κ2) is 8.90. The van der Waals surface area contributed by atoms with Crippen LogP contribution in [-0.2, 0) is 6.61 Å². The van der Waals surface area contributed by atoms with E-state index in [-0.39, 0.29) is 6.04 Å². The molecule has 2 aromatic rings. The molecule has 0 saturated carbocycles. The van der Waals surface area contributed by atoms with Crippen molar-refractivity contribution in [1.82, 2.24) is 10.7 Å². The van der Waals surface area contributed by atoms with Gasteiger partial charge in [-0.15, -0.1) is 0 Å². The molecule has 2 aromatic carbocycles. The lowest BCUT2D eigenvalue weighted by Crippen LogP contribution is -2.36. The maximum absolute atomic E-state index is 5.79. The second-order valence-corrected chi connectivity index (χ2v) is 5.75. The lowest BCUT2D eigenvalue weighted by atomic mass is 10.2. The molecule has 0 amide bonds. The Kier molecular flexibility index (Phi) is 6.56. The highest BCUT2D eigenvalue weighted by Gasteiger charge is 1.98. The SMILES string of the molecule is CC(C)NC(=S)NN=Cc1cccc(OCc2ccccc2)c1. The minimum absolute atomic E-state index is 0.278. The third-order valence-corrected chi connectivity index (χ3v) is 3.12. The number of thiocarbonyl (C=S) groups is 1. The number of benzene rings is 2. The van der Waals surface area contributed by atoms with Crippen LogP contribution in [0.4, 0.5) is 0 Å². The monoisotopic (exact) mass is 327 g/mol. The summed E-state index contributed by atoms with van der Waals surface area (Å²) >= 11 is 5.11. The maximum Gasteiger partial charge on any atom is 0.187 e. The average molecular weight is 327 g/mol. The highest BCUT2D eigenvalue weighted by atomic mass is 32.1. The average Bonchev–Trinajstić information content (AvgIpc) is 2.54. The van der Waals surface area contributed by atoms with Gasteiger partial charge in [0.1, 0.15) is 12.4 Å². The summed E-state index contributed by atoms with van der Waals surface area (Å²) < 4.78 is 5.79. The van der Waals surface area contributed by atoms with Crippen LogP contribution in [0, 0.1) is 0 Å². The molecule has 4 nitrogen and oxygen atoms in total. The third-order valence-electron chi connectivity index (χ3n) is 2.91. The quantitative estimate of drug-likeness (QED) is 0.484. The highest BCUT2D eigenvalue weighted by Crippen LogP contribution is 2.14. The summed E-state index contributed by atoms with van der Waals surface area (Å²) in [6, 6.07) is 18.1. The Labute approximate surface area is 142 Å². The van der Waals surface area contributed by atoms with Gasteiger partial charge in [-0.25, -0.2) is 0 Å². The molecule has 0 unspecified atom stereocenters. The van der Waals surface area contributed by atoms with Gasteiger partial charge in [-0.1, -0.05) is 42.5 Å². The van der Waals surface area contributed by atoms with Gasteiger partial charge in [-0.3, -0.25) is 5.43 Å². The zero-order valence-electron chi connectivity index (χ0n) is 13.3. The van der Waals surface area contributed by atoms with Crippen molar-refractivity contribution >= 4 is 23.5 Å². The van der Waals surface area contributed by atoms with Crippen LogP contribution in [0.5, 0.6) is 5.75 Å². The number of rotatable bonds is 6. The zero-order valence-corrected chi connectivity index (χ0v) is 14.1. The topological polar surface area (TPSA) is 45.7 Å². The molecule has 0 aliphatic heterocycles. The van der Waals surface area contributed by atoms with Crippen molar-refractivity contribution in [2.75, 3.05) is 0 Å². The Morgan fingerprint density at radius 2 is 1.96 bits per heavy atom. The first-order valence-electron chi connectivity index (χ1n) is 7.50. The molecule has 0 aliphatic carbocycles. The molecular weight excluding hydrogens is 306 g/mol. The predicted molar refractivity (Wildman–Crippen MR) is 98.8 cm³/mol. The third kappa shape index (κ3) is 6.48. The molecule has 5 heteroatoms. The number of hydrogen-bond donors (Lipinski definition) is 2. The molecule has 0 spiro atoms. The number of nitrogens with zero attached hydrogens (tertiary/aromatic N) is 1. The molecule has 0 saturated heterocycles. The van der Waals surface area contributed by atoms with Crippen LogP contribution in [-0.4, -0.2) is 17.4 Å². The first kappa shape index (κ1) is 17.0. The van der Waals surface area contributed by atoms with Crippen molar-refractivity contribution in [2.24, 2.45) is 5.10 Å². The molecule has 0 radical (unpaired) electrons. The number of ether oxygens (including phenoxy) is 1. The summed E-state index contributed by atoms with van der Waals surface area (Å²) in [6.07, 6.45) is 1.71. The van der Waals surface area contributed by atoms with Gasteiger partial charge in [0.2, 0.25) is 0 Å². The zero-order chi connectivity index (χ0) is 16.5. The van der Waals surface area contributed by atoms with Gasteiger partial charge >= 0.3 is 0 Å². The first-order chi connectivity index (χ1) is 11.1. The molecule has 0 heterocycles. The van der Waals surface area contributed by atoms with Crippen LogP contribution in [0.1, 0.15) is 25.0 Å². The summed E-state index contributed by atoms with van der Waals surface area (Å²) in [5, 5.41) is 7.69. The fourth-order valence-electron chi connectivity index (χ4n) is 1.89. The van der Waals surface area contributed by atoms with Crippen LogP contribution in [0.25, 0.3) is 0 Å². The molecule has 23 heavy (non-hydrogen) atoms. The Morgan fingerprint density at radius 3 is 2.70 bits per heavy atom. The summed E-state index contributed by atoms with van der Waals surface area (Å²) in [5.41, 5.74) is 4.87. The van der Waals surface area contributed by atoms with E-state index in [2.05, 4.69) is 15.8 Å². The summed E-state index contributed by atoms with van der Waals surface area (Å²) in [5.74, 6) is 0.806. The Morgan fingerprint density at radius 1 is 1.17 bits per heavy atom. The van der Waals surface area contributed by atoms with E-state index in [9.17, 15) is 0 Å². The standard InChI is InChI=1S/C18H21N3OS/c1-14(2)20-18(23)21-19-12-16-9-6-10-17(11-16)22-13-15-7-4-3-5-8-15/h3-12,14H,13H2,1-2H3,(H2,20,21,23).